The summed E-state index contributed by atoms with van der Waals surface area (Å²) in [7, 11) is 0. The Labute approximate surface area is 193 Å². The van der Waals surface area contributed by atoms with Crippen LogP contribution in [0.4, 0.5) is 14.6 Å². The first-order chi connectivity index (χ1) is 16.3. The molecular formula is C25H21F2N5O2. The highest BCUT2D eigenvalue weighted by Gasteiger charge is 2.27. The molecule has 4 N–H and O–H groups in total. The van der Waals surface area contributed by atoms with Gasteiger partial charge in [0.1, 0.15) is 23.1 Å². The van der Waals surface area contributed by atoms with Crippen molar-refractivity contribution in [2.75, 3.05) is 18.0 Å². The van der Waals surface area contributed by atoms with Crippen molar-refractivity contribution in [1.29, 1.82) is 0 Å². The molecule has 2 aromatic heterocycles. The first-order valence-electron chi connectivity index (χ1n) is 10.8. The van der Waals surface area contributed by atoms with Gasteiger partial charge in [-0.3, -0.25) is 4.98 Å². The monoisotopic (exact) mass is 461 g/mol. The Morgan fingerprint density at radius 3 is 2.82 bits per heavy atom. The molecular weight excluding hydrogens is 440 g/mol. The number of benzene rings is 2. The van der Waals surface area contributed by atoms with Crippen LogP contribution >= 0.6 is 0 Å². The summed E-state index contributed by atoms with van der Waals surface area (Å²) < 4.78 is 30.4. The number of hydrogen-bond donors (Lipinski definition) is 3. The maximum Gasteiger partial charge on any atom is 0.347 e. The number of fused-ring (bicyclic) bond motifs is 2. The van der Waals surface area contributed by atoms with Crippen LogP contribution in [0.2, 0.25) is 0 Å². The summed E-state index contributed by atoms with van der Waals surface area (Å²) in [5.74, 6) is 1.21. The number of phenolic OH excluding ortho intramolecular Hbond substituents is 1. The Balaban J connectivity index is 1.78. The molecule has 1 aliphatic rings. The Morgan fingerprint density at radius 2 is 2.09 bits per heavy atom. The van der Waals surface area contributed by atoms with Gasteiger partial charge in [-0.05, 0) is 35.9 Å². The lowest BCUT2D eigenvalue weighted by molar-refractivity contribution is 0.400. The normalized spacial score (nSPS) is 18.4. The van der Waals surface area contributed by atoms with Crippen molar-refractivity contribution in [1.82, 2.24) is 15.0 Å². The average molecular weight is 461 g/mol. The summed E-state index contributed by atoms with van der Waals surface area (Å²) in [4.78, 5) is 25.1. The highest BCUT2D eigenvalue weighted by molar-refractivity contribution is 6.02. The molecule has 4 aromatic rings. The van der Waals surface area contributed by atoms with Crippen LogP contribution in [0.5, 0.6) is 5.75 Å². The molecule has 9 heteroatoms. The number of nitrogens with zero attached hydrogens (tertiary/aromatic N) is 3. The molecule has 172 valence electrons. The number of aromatic hydroxyl groups is 1. The lowest BCUT2D eigenvalue weighted by Crippen LogP contribution is -2.47. The molecule has 2 atom stereocenters. The Kier molecular flexibility index (Phi) is 5.18. The molecule has 0 bridgehead atoms. The maximum absolute atomic E-state index is 15.9. The van der Waals surface area contributed by atoms with E-state index in [1.54, 1.807) is 0 Å². The van der Waals surface area contributed by atoms with Crippen LogP contribution in [0.3, 0.4) is 0 Å². The molecule has 1 fully saturated rings. The minimum absolute atomic E-state index is 0.0750. The lowest BCUT2D eigenvalue weighted by Gasteiger charge is -2.35. The van der Waals surface area contributed by atoms with Gasteiger partial charge in [-0.25, -0.2) is 13.6 Å². The fraction of sp³-hybridized carbons (Fsp3) is 0.240. The summed E-state index contributed by atoms with van der Waals surface area (Å²) >= 11 is 0. The predicted molar refractivity (Wildman–Crippen MR) is 127 cm³/mol. The van der Waals surface area contributed by atoms with E-state index in [-0.39, 0.29) is 45.4 Å². The molecule has 0 aliphatic carbocycles. The average Bonchev–Trinajstić information content (AvgIpc) is 2.78. The summed E-state index contributed by atoms with van der Waals surface area (Å²) in [5, 5.41) is 11.2. The van der Waals surface area contributed by atoms with Gasteiger partial charge in [0, 0.05) is 36.3 Å². The van der Waals surface area contributed by atoms with Crippen LogP contribution < -0.4 is 16.3 Å². The second-order valence-electron chi connectivity index (χ2n) is 8.74. The van der Waals surface area contributed by atoms with Crippen LogP contribution in [0.1, 0.15) is 18.9 Å². The number of nitrogens with one attached hydrogen (secondary N) is 1. The van der Waals surface area contributed by atoms with Crippen LogP contribution in [0, 0.1) is 29.9 Å². The number of H-pyrrole nitrogens is 1. The molecule has 1 saturated heterocycles. The van der Waals surface area contributed by atoms with E-state index in [2.05, 4.69) is 20.9 Å². The third kappa shape index (κ3) is 3.53. The molecule has 7 nitrogen and oxygen atoms in total. The maximum atomic E-state index is 15.9. The van der Waals surface area contributed by atoms with Crippen molar-refractivity contribution in [2.45, 2.75) is 19.4 Å². The van der Waals surface area contributed by atoms with E-state index < -0.39 is 17.3 Å². The van der Waals surface area contributed by atoms with Gasteiger partial charge in [-0.15, -0.1) is 6.42 Å². The topological polar surface area (TPSA) is 108 Å². The number of terminal acetylenes is 1. The largest absolute Gasteiger partial charge is 0.508 e. The third-order valence-electron chi connectivity index (χ3n) is 6.14. The fourth-order valence-electron chi connectivity index (χ4n) is 4.82. The summed E-state index contributed by atoms with van der Waals surface area (Å²) in [6, 6.07) is 5.20. The Morgan fingerprint density at radius 1 is 1.29 bits per heavy atom. The van der Waals surface area contributed by atoms with Crippen molar-refractivity contribution in [3.63, 3.8) is 0 Å². The van der Waals surface area contributed by atoms with Crippen LogP contribution in [-0.4, -0.2) is 39.2 Å². The van der Waals surface area contributed by atoms with Gasteiger partial charge < -0.3 is 20.7 Å². The summed E-state index contributed by atoms with van der Waals surface area (Å²) in [5.41, 5.74) is 5.18. The molecule has 0 saturated carbocycles. The molecule has 2 aromatic carbocycles. The molecule has 0 amide bonds. The Bertz CT molecular complexity index is 1550. The number of aromatic amines is 1. The Hall–Kier alpha value is -4.03. The van der Waals surface area contributed by atoms with E-state index in [1.165, 1.54) is 30.5 Å². The number of aromatic nitrogens is 3. The van der Waals surface area contributed by atoms with Crippen molar-refractivity contribution < 1.29 is 13.9 Å². The molecule has 1 aliphatic heterocycles. The van der Waals surface area contributed by atoms with Crippen LogP contribution in [-0.2, 0) is 0 Å². The molecule has 3 heterocycles. The SMILES string of the molecule is C#Cc1c(F)ccc2cc(O)cc(-c3ncc4c(N5CC(C)CC(N)C5)nc(=O)[nH]c4c3F)c12. The number of hydrogen-bond acceptors (Lipinski definition) is 6. The zero-order chi connectivity index (χ0) is 24.1. The first-order valence-corrected chi connectivity index (χ1v) is 10.8. The van der Waals surface area contributed by atoms with Gasteiger partial charge >= 0.3 is 5.69 Å². The number of pyridine rings is 1. The molecule has 0 spiro atoms. The number of nitrogens with two attached hydrogens (primary N) is 1. The molecule has 34 heavy (non-hydrogen) atoms. The standard InChI is InChI=1S/C25H21F2N5O2/c1-3-16-19(26)5-4-13-7-15(33)8-17(20(13)16)22-21(27)23-18(9-29-22)24(31-25(34)30-23)32-10-12(2)6-14(28)11-32/h1,4-5,7-9,12,14,33H,6,10-11,28H2,2H3,(H,30,31,34). The van der Waals surface area contributed by atoms with E-state index in [0.29, 0.717) is 29.7 Å². The smallest absolute Gasteiger partial charge is 0.347 e. The zero-order valence-electron chi connectivity index (χ0n) is 18.3. The summed E-state index contributed by atoms with van der Waals surface area (Å²) in [6.07, 6.45) is 7.78. The highest BCUT2D eigenvalue weighted by atomic mass is 19.1. The van der Waals surface area contributed by atoms with Crippen molar-refractivity contribution in [3.05, 3.63) is 58.1 Å². The molecule has 2 unspecified atom stereocenters. The van der Waals surface area contributed by atoms with E-state index in [9.17, 15) is 14.3 Å². The number of anilines is 1. The fourth-order valence-corrected chi connectivity index (χ4v) is 4.82. The van der Waals surface area contributed by atoms with E-state index in [0.717, 1.165) is 6.42 Å². The number of piperidine rings is 1. The second-order valence-corrected chi connectivity index (χ2v) is 8.74. The van der Waals surface area contributed by atoms with Gasteiger partial charge in [0.25, 0.3) is 0 Å². The van der Waals surface area contributed by atoms with Gasteiger partial charge in [-0.2, -0.15) is 4.98 Å². The minimum Gasteiger partial charge on any atom is -0.508 e. The van der Waals surface area contributed by atoms with Crippen molar-refractivity contribution in [3.8, 4) is 29.4 Å². The molecule has 5 rings (SSSR count). The van der Waals surface area contributed by atoms with E-state index >= 15 is 4.39 Å². The van der Waals surface area contributed by atoms with Crippen LogP contribution in [0.25, 0.3) is 32.9 Å². The lowest BCUT2D eigenvalue weighted by atomic mass is 9.95. The number of phenols is 1. The van der Waals surface area contributed by atoms with E-state index in [4.69, 9.17) is 12.2 Å². The minimum atomic E-state index is -0.841. The van der Waals surface area contributed by atoms with Gasteiger partial charge in [0.05, 0.1) is 16.5 Å². The number of rotatable bonds is 2. The van der Waals surface area contributed by atoms with E-state index in [1.807, 2.05) is 11.8 Å². The number of halogens is 2. The first kappa shape index (κ1) is 21.8. The highest BCUT2D eigenvalue weighted by Crippen LogP contribution is 2.38. The predicted octanol–water partition coefficient (Wildman–Crippen LogP) is 3.28. The van der Waals surface area contributed by atoms with Crippen LogP contribution in [0.15, 0.2) is 35.3 Å². The van der Waals surface area contributed by atoms with Gasteiger partial charge in [-0.1, -0.05) is 18.9 Å². The molecule has 0 radical (unpaired) electrons. The van der Waals surface area contributed by atoms with Crippen molar-refractivity contribution in [2.24, 2.45) is 11.7 Å². The van der Waals surface area contributed by atoms with Crippen molar-refractivity contribution >= 4 is 27.5 Å². The van der Waals surface area contributed by atoms with Gasteiger partial charge in [0.15, 0.2) is 5.82 Å². The zero-order valence-corrected chi connectivity index (χ0v) is 18.3. The quantitative estimate of drug-likeness (QED) is 0.396. The third-order valence-corrected chi connectivity index (χ3v) is 6.14. The second kappa shape index (κ2) is 8.08. The summed E-state index contributed by atoms with van der Waals surface area (Å²) in [6.45, 7) is 3.14. The van der Waals surface area contributed by atoms with Gasteiger partial charge in [0.2, 0.25) is 0 Å².